The molecule has 0 saturated carbocycles. The van der Waals surface area contributed by atoms with Crippen LogP contribution in [0.4, 0.5) is 5.13 Å². The molecule has 3 heterocycles. The number of nitrogen functional groups attached to an aromatic ring is 1. The third-order valence-electron chi connectivity index (χ3n) is 4.25. The van der Waals surface area contributed by atoms with E-state index in [4.69, 9.17) is 20.0 Å². The van der Waals surface area contributed by atoms with Gasteiger partial charge in [-0.05, 0) is 26.8 Å². The molecule has 3 N–H and O–H groups in total. The Bertz CT molecular complexity index is 1030. The summed E-state index contributed by atoms with van der Waals surface area (Å²) in [6.07, 6.45) is 1.53. The summed E-state index contributed by atoms with van der Waals surface area (Å²) in [7, 11) is 1.27. The molecule has 178 valence electrons. The predicted octanol–water partition coefficient (Wildman–Crippen LogP) is 0.245. The number of ether oxygens (including phenoxy) is 2. The average Bonchev–Trinajstić information content (AvgIpc) is 3.17. The summed E-state index contributed by atoms with van der Waals surface area (Å²) < 4.78 is 10.1. The fourth-order valence-electron chi connectivity index (χ4n) is 3.00. The van der Waals surface area contributed by atoms with Crippen LogP contribution in [-0.4, -0.2) is 75.8 Å². The maximum Gasteiger partial charge on any atom is 0.355 e. The van der Waals surface area contributed by atoms with Crippen molar-refractivity contribution in [1.29, 1.82) is 0 Å². The molecule has 0 aliphatic carbocycles. The maximum absolute atomic E-state index is 12.7. The lowest BCUT2D eigenvalue weighted by atomic mass is 10.0. The van der Waals surface area contributed by atoms with Crippen LogP contribution in [0.15, 0.2) is 22.3 Å². The minimum Gasteiger partial charge on any atom is -0.457 e. The lowest BCUT2D eigenvalue weighted by Gasteiger charge is -2.48. The van der Waals surface area contributed by atoms with E-state index >= 15 is 0 Å². The third kappa shape index (κ3) is 5.63. The Balaban J connectivity index is 1.63. The zero-order valence-corrected chi connectivity index (χ0v) is 19.9. The smallest absolute Gasteiger partial charge is 0.355 e. The van der Waals surface area contributed by atoms with Crippen LogP contribution in [0.5, 0.6) is 0 Å². The molecule has 1 aromatic heterocycles. The Morgan fingerprint density at radius 3 is 2.70 bits per heavy atom. The third-order valence-corrected chi connectivity index (χ3v) is 6.10. The number of oxime groups is 1. The van der Waals surface area contributed by atoms with Gasteiger partial charge in [-0.3, -0.25) is 14.5 Å². The lowest BCUT2D eigenvalue weighted by Crippen LogP contribution is -2.70. The van der Waals surface area contributed by atoms with Crippen molar-refractivity contribution in [2.75, 3.05) is 25.2 Å². The number of carbonyl (C=O) groups is 4. The summed E-state index contributed by atoms with van der Waals surface area (Å²) in [5, 5.41) is 7.55. The highest BCUT2D eigenvalue weighted by Gasteiger charge is 2.53. The summed E-state index contributed by atoms with van der Waals surface area (Å²) in [6, 6.07) is -0.900. The molecule has 2 amide bonds. The quantitative estimate of drug-likeness (QED) is 0.231. The number of esters is 2. The van der Waals surface area contributed by atoms with Crippen molar-refractivity contribution in [3.8, 4) is 0 Å². The van der Waals surface area contributed by atoms with E-state index in [1.165, 1.54) is 29.8 Å². The number of nitrogens with two attached hydrogens (primary N) is 1. The summed E-state index contributed by atoms with van der Waals surface area (Å²) in [6.45, 7) is 4.49. The van der Waals surface area contributed by atoms with Crippen LogP contribution >= 0.6 is 23.1 Å². The molecule has 1 aromatic rings. The lowest BCUT2D eigenvalue weighted by molar-refractivity contribution is -0.166. The number of β-lactam (4-membered cyclic amide) rings is 1. The Morgan fingerprint density at radius 2 is 2.09 bits per heavy atom. The van der Waals surface area contributed by atoms with Crippen molar-refractivity contribution < 1.29 is 33.5 Å². The highest BCUT2D eigenvalue weighted by Crippen LogP contribution is 2.37. The van der Waals surface area contributed by atoms with Gasteiger partial charge in [0, 0.05) is 11.1 Å². The molecule has 1 saturated heterocycles. The topological polar surface area (TPSA) is 163 Å². The summed E-state index contributed by atoms with van der Waals surface area (Å²) in [4.78, 5) is 59.7. The summed E-state index contributed by atoms with van der Waals surface area (Å²) in [5.41, 5.74) is 4.98. The van der Waals surface area contributed by atoms with Crippen LogP contribution in [0.2, 0.25) is 0 Å². The number of anilines is 1. The minimum atomic E-state index is -0.900. The van der Waals surface area contributed by atoms with Crippen molar-refractivity contribution in [2.45, 2.75) is 37.8 Å². The van der Waals surface area contributed by atoms with E-state index in [0.717, 1.165) is 11.3 Å². The number of nitrogens with zero attached hydrogens (tertiary/aromatic N) is 3. The molecule has 1 fully saturated rings. The van der Waals surface area contributed by atoms with Crippen LogP contribution in [0.25, 0.3) is 0 Å². The number of hydrogen-bond acceptors (Lipinski definition) is 12. The van der Waals surface area contributed by atoms with Gasteiger partial charge in [0.05, 0.1) is 0 Å². The summed E-state index contributed by atoms with van der Waals surface area (Å²) in [5.74, 6) is -2.31. The van der Waals surface area contributed by atoms with Crippen LogP contribution in [-0.2, 0) is 33.5 Å². The predicted molar refractivity (Wildman–Crippen MR) is 120 cm³/mol. The number of carbonyl (C=O) groups excluding carboxylic acids is 4. The molecule has 14 heteroatoms. The van der Waals surface area contributed by atoms with Gasteiger partial charge in [-0.2, -0.15) is 0 Å². The first-order chi connectivity index (χ1) is 15.5. The second kappa shape index (κ2) is 9.79. The van der Waals surface area contributed by atoms with Gasteiger partial charge < -0.3 is 25.4 Å². The molecule has 0 radical (unpaired) electrons. The molecule has 2 atom stereocenters. The number of nitrogens with one attached hydrogen (secondary N) is 1. The highest BCUT2D eigenvalue weighted by molar-refractivity contribution is 8.00. The molecule has 0 aromatic carbocycles. The fraction of sp³-hybridized carbons (Fsp3) is 0.474. The number of rotatable bonds is 7. The average molecular weight is 498 g/mol. The van der Waals surface area contributed by atoms with E-state index < -0.39 is 47.4 Å². The van der Waals surface area contributed by atoms with Gasteiger partial charge >= 0.3 is 11.9 Å². The molecule has 2 aliphatic rings. The monoisotopic (exact) mass is 497 g/mol. The first-order valence-corrected chi connectivity index (χ1v) is 11.6. The van der Waals surface area contributed by atoms with Crippen LogP contribution in [0, 0.1) is 0 Å². The van der Waals surface area contributed by atoms with Crippen LogP contribution < -0.4 is 11.1 Å². The van der Waals surface area contributed by atoms with E-state index in [9.17, 15) is 19.2 Å². The Morgan fingerprint density at radius 1 is 1.36 bits per heavy atom. The van der Waals surface area contributed by atoms with Crippen molar-refractivity contribution in [1.82, 2.24) is 15.2 Å². The highest BCUT2D eigenvalue weighted by atomic mass is 32.2. The first kappa shape index (κ1) is 24.5. The molecular formula is C19H23N5O7S2. The molecule has 0 bridgehead atoms. The molecule has 0 spiro atoms. The van der Waals surface area contributed by atoms with E-state index in [1.807, 2.05) is 0 Å². The molecular weight excluding hydrogens is 474 g/mol. The van der Waals surface area contributed by atoms with Gasteiger partial charge in [-0.25, -0.2) is 14.6 Å². The first-order valence-electron chi connectivity index (χ1n) is 9.69. The SMILES string of the molecule is CON=C(C(=O)NC1C(=O)N2C(C(=O)OCC(=O)OC(C)(C)C)=CCS[C@@H]12)c1csc(N)n1. The number of aromatic nitrogens is 1. The minimum absolute atomic E-state index is 0.0101. The van der Waals surface area contributed by atoms with E-state index in [-0.39, 0.29) is 22.2 Å². The Hall–Kier alpha value is -3.13. The maximum atomic E-state index is 12.7. The van der Waals surface area contributed by atoms with E-state index in [1.54, 1.807) is 26.2 Å². The molecule has 33 heavy (non-hydrogen) atoms. The van der Waals surface area contributed by atoms with Gasteiger partial charge in [0.2, 0.25) is 0 Å². The summed E-state index contributed by atoms with van der Waals surface area (Å²) >= 11 is 2.48. The van der Waals surface area contributed by atoms with Gasteiger partial charge in [0.1, 0.15) is 35.5 Å². The van der Waals surface area contributed by atoms with Gasteiger partial charge in [-0.15, -0.1) is 23.1 Å². The van der Waals surface area contributed by atoms with Crippen molar-refractivity contribution in [2.24, 2.45) is 5.16 Å². The van der Waals surface area contributed by atoms with Crippen molar-refractivity contribution >= 4 is 57.7 Å². The van der Waals surface area contributed by atoms with Crippen molar-refractivity contribution in [3.63, 3.8) is 0 Å². The van der Waals surface area contributed by atoms with Gasteiger partial charge in [-0.1, -0.05) is 5.16 Å². The second-order valence-corrected chi connectivity index (χ2v) is 9.87. The fourth-order valence-corrected chi connectivity index (χ4v) is 4.74. The molecule has 1 unspecified atom stereocenters. The number of hydrogen-bond donors (Lipinski definition) is 2. The zero-order chi connectivity index (χ0) is 24.3. The van der Waals surface area contributed by atoms with Gasteiger partial charge in [0.25, 0.3) is 11.8 Å². The number of thioether (sulfide) groups is 1. The second-order valence-electron chi connectivity index (χ2n) is 7.83. The molecule has 12 nitrogen and oxygen atoms in total. The Labute approximate surface area is 197 Å². The largest absolute Gasteiger partial charge is 0.457 e. The zero-order valence-electron chi connectivity index (χ0n) is 18.3. The van der Waals surface area contributed by atoms with Crippen molar-refractivity contribution in [3.05, 3.63) is 22.8 Å². The number of fused-ring (bicyclic) bond motifs is 1. The standard InChI is InChI=1S/C19H23N5O7S2/c1-19(2,3)31-11(25)7-30-17(28)10-5-6-32-16-13(15(27)24(10)16)22-14(26)12(23-29-4)9-8-33-18(20)21-9/h5,8,13,16H,6-7H2,1-4H3,(H2,20,21)(H,22,26)/t13?,16-/m0/s1. The van der Waals surface area contributed by atoms with Crippen LogP contribution in [0.3, 0.4) is 0 Å². The van der Waals surface area contributed by atoms with Crippen LogP contribution in [0.1, 0.15) is 26.5 Å². The molecule has 3 rings (SSSR count). The normalized spacial score (nSPS) is 20.2. The van der Waals surface area contributed by atoms with E-state index in [2.05, 4.69) is 15.5 Å². The van der Waals surface area contributed by atoms with E-state index in [0.29, 0.717) is 5.75 Å². The number of thiazole rings is 1. The number of amides is 2. The van der Waals surface area contributed by atoms with Gasteiger partial charge in [0.15, 0.2) is 17.5 Å². The Kier molecular flexibility index (Phi) is 7.27. The molecule has 2 aliphatic heterocycles.